The van der Waals surface area contributed by atoms with Crippen molar-refractivity contribution in [2.45, 2.75) is 18.6 Å². The van der Waals surface area contributed by atoms with Gasteiger partial charge in [-0.3, -0.25) is 14.6 Å². The normalized spacial score (nSPS) is 12.4. The van der Waals surface area contributed by atoms with E-state index in [4.69, 9.17) is 11.5 Å². The van der Waals surface area contributed by atoms with Crippen LogP contribution < -0.4 is 22.1 Å². The van der Waals surface area contributed by atoms with E-state index in [1.165, 1.54) is 0 Å². The van der Waals surface area contributed by atoms with Crippen LogP contribution in [0.2, 0.25) is 0 Å². The van der Waals surface area contributed by atoms with Crippen LogP contribution >= 0.6 is 0 Å². The predicted molar refractivity (Wildman–Crippen MR) is 105 cm³/mol. The molecule has 0 bridgehead atoms. The fraction of sp³-hybridized carbons (Fsp3) is 0.158. The van der Waals surface area contributed by atoms with Crippen LogP contribution in [0.4, 0.5) is 34.9 Å². The molecule has 2 aromatic heterocycles. The quantitative estimate of drug-likeness (QED) is 0.421. The molecule has 1 atom stereocenters. The van der Waals surface area contributed by atoms with Gasteiger partial charge in [-0.25, -0.2) is 9.37 Å². The Morgan fingerprint density at radius 2 is 1.84 bits per heavy atom. The lowest BCUT2D eigenvalue weighted by Gasteiger charge is -2.19. The first-order valence-corrected chi connectivity index (χ1v) is 8.78. The van der Waals surface area contributed by atoms with E-state index >= 15 is 0 Å². The SMILES string of the molecule is NC(=O)c1cc(F)c(NC(CC(F)(F)F)C(N)=O)nc1Nc1ccc2ncccc2c1. The van der Waals surface area contributed by atoms with Gasteiger partial charge in [0.1, 0.15) is 11.9 Å². The summed E-state index contributed by atoms with van der Waals surface area (Å²) in [6.07, 6.45) is -4.77. The Morgan fingerprint density at radius 1 is 1.10 bits per heavy atom. The molecule has 8 nitrogen and oxygen atoms in total. The van der Waals surface area contributed by atoms with Crippen LogP contribution in [0, 0.1) is 5.82 Å². The van der Waals surface area contributed by atoms with Crippen LogP contribution in [0.5, 0.6) is 0 Å². The van der Waals surface area contributed by atoms with E-state index in [-0.39, 0.29) is 11.4 Å². The lowest BCUT2D eigenvalue weighted by molar-refractivity contribution is -0.144. The highest BCUT2D eigenvalue weighted by Gasteiger charge is 2.35. The average molecular weight is 436 g/mol. The van der Waals surface area contributed by atoms with Gasteiger partial charge in [0.25, 0.3) is 5.91 Å². The molecule has 0 aliphatic carbocycles. The van der Waals surface area contributed by atoms with Crippen molar-refractivity contribution in [1.82, 2.24) is 9.97 Å². The fourth-order valence-electron chi connectivity index (χ4n) is 2.78. The molecule has 162 valence electrons. The summed E-state index contributed by atoms with van der Waals surface area (Å²) in [5.74, 6) is -4.49. The van der Waals surface area contributed by atoms with E-state index in [1.54, 1.807) is 36.5 Å². The summed E-state index contributed by atoms with van der Waals surface area (Å²) >= 11 is 0. The molecule has 0 saturated heterocycles. The van der Waals surface area contributed by atoms with Gasteiger partial charge in [-0.05, 0) is 30.3 Å². The third kappa shape index (κ3) is 5.35. The molecule has 0 aliphatic heterocycles. The molecule has 1 unspecified atom stereocenters. The summed E-state index contributed by atoms with van der Waals surface area (Å²) < 4.78 is 52.5. The number of primary amides is 2. The van der Waals surface area contributed by atoms with E-state index in [1.807, 2.05) is 5.32 Å². The zero-order valence-electron chi connectivity index (χ0n) is 15.7. The monoisotopic (exact) mass is 436 g/mol. The summed E-state index contributed by atoms with van der Waals surface area (Å²) in [7, 11) is 0. The highest BCUT2D eigenvalue weighted by atomic mass is 19.4. The number of nitrogens with zero attached hydrogens (tertiary/aromatic N) is 2. The van der Waals surface area contributed by atoms with Crippen LogP contribution in [0.3, 0.4) is 0 Å². The highest BCUT2D eigenvalue weighted by molar-refractivity contribution is 5.99. The largest absolute Gasteiger partial charge is 0.391 e. The molecule has 3 aromatic rings. The number of nitrogens with one attached hydrogen (secondary N) is 2. The maximum Gasteiger partial charge on any atom is 0.391 e. The molecule has 2 heterocycles. The molecule has 3 rings (SSSR count). The summed E-state index contributed by atoms with van der Waals surface area (Å²) in [4.78, 5) is 31.1. The third-order valence-electron chi connectivity index (χ3n) is 4.20. The molecule has 1 aromatic carbocycles. The summed E-state index contributed by atoms with van der Waals surface area (Å²) in [5.41, 5.74) is 11.0. The van der Waals surface area contributed by atoms with Gasteiger partial charge in [0.05, 0.1) is 17.5 Å². The third-order valence-corrected chi connectivity index (χ3v) is 4.20. The number of rotatable bonds is 7. The number of carbonyl (C=O) groups is 2. The maximum absolute atomic E-state index is 14.4. The first-order valence-electron chi connectivity index (χ1n) is 8.78. The summed E-state index contributed by atoms with van der Waals surface area (Å²) in [6.45, 7) is 0. The lowest BCUT2D eigenvalue weighted by atomic mass is 10.1. The van der Waals surface area contributed by atoms with Crippen LogP contribution in [0.1, 0.15) is 16.8 Å². The number of amides is 2. The van der Waals surface area contributed by atoms with Crippen molar-refractivity contribution < 1.29 is 27.2 Å². The Hall–Kier alpha value is -3.96. The van der Waals surface area contributed by atoms with Gasteiger partial charge in [-0.15, -0.1) is 0 Å². The second kappa shape index (κ2) is 8.42. The van der Waals surface area contributed by atoms with E-state index in [0.29, 0.717) is 17.3 Å². The van der Waals surface area contributed by atoms with Gasteiger partial charge in [0.2, 0.25) is 5.91 Å². The van der Waals surface area contributed by atoms with E-state index in [2.05, 4.69) is 15.3 Å². The molecule has 0 fully saturated rings. The second-order valence-corrected chi connectivity index (χ2v) is 6.53. The van der Waals surface area contributed by atoms with Crippen molar-refractivity contribution in [3.63, 3.8) is 0 Å². The molecule has 0 spiro atoms. The minimum Gasteiger partial charge on any atom is -0.368 e. The van der Waals surface area contributed by atoms with Crippen molar-refractivity contribution in [2.75, 3.05) is 10.6 Å². The van der Waals surface area contributed by atoms with Crippen molar-refractivity contribution >= 4 is 40.0 Å². The van der Waals surface area contributed by atoms with Crippen molar-refractivity contribution in [1.29, 1.82) is 0 Å². The molecule has 31 heavy (non-hydrogen) atoms. The number of anilines is 3. The van der Waals surface area contributed by atoms with Gasteiger partial charge in [-0.1, -0.05) is 6.07 Å². The number of carbonyl (C=O) groups excluding carboxylic acids is 2. The number of halogens is 4. The van der Waals surface area contributed by atoms with Crippen molar-refractivity contribution in [2.24, 2.45) is 11.5 Å². The molecule has 6 N–H and O–H groups in total. The van der Waals surface area contributed by atoms with Gasteiger partial charge < -0.3 is 22.1 Å². The second-order valence-electron chi connectivity index (χ2n) is 6.53. The number of fused-ring (bicyclic) bond motifs is 1. The minimum absolute atomic E-state index is 0.227. The van der Waals surface area contributed by atoms with E-state index in [0.717, 1.165) is 5.39 Å². The molecular formula is C19H16F4N6O2. The van der Waals surface area contributed by atoms with Gasteiger partial charge in [0, 0.05) is 17.3 Å². The number of alkyl halides is 3. The summed E-state index contributed by atoms with van der Waals surface area (Å²) in [6, 6.07) is 7.17. The fourth-order valence-corrected chi connectivity index (χ4v) is 2.78. The lowest BCUT2D eigenvalue weighted by Crippen LogP contribution is -2.39. The van der Waals surface area contributed by atoms with Crippen molar-refractivity contribution in [3.8, 4) is 0 Å². The van der Waals surface area contributed by atoms with Crippen LogP contribution in [-0.2, 0) is 4.79 Å². The van der Waals surface area contributed by atoms with E-state index < -0.39 is 42.1 Å². The number of nitrogens with two attached hydrogens (primary N) is 2. The van der Waals surface area contributed by atoms with Crippen LogP contribution in [0.25, 0.3) is 10.9 Å². The molecule has 0 radical (unpaired) electrons. The number of hydrogen-bond donors (Lipinski definition) is 4. The number of hydrogen-bond acceptors (Lipinski definition) is 6. The number of pyridine rings is 2. The van der Waals surface area contributed by atoms with E-state index in [9.17, 15) is 27.2 Å². The Bertz CT molecular complexity index is 1150. The van der Waals surface area contributed by atoms with Crippen molar-refractivity contribution in [3.05, 3.63) is 54.0 Å². The first-order chi connectivity index (χ1) is 14.5. The Labute approximate surface area is 172 Å². The zero-order chi connectivity index (χ0) is 22.8. The number of aromatic nitrogens is 2. The highest BCUT2D eigenvalue weighted by Crippen LogP contribution is 2.28. The smallest absolute Gasteiger partial charge is 0.368 e. The molecular weight excluding hydrogens is 420 g/mol. The minimum atomic E-state index is -4.74. The van der Waals surface area contributed by atoms with Gasteiger partial charge in [-0.2, -0.15) is 13.2 Å². The Balaban J connectivity index is 1.98. The standard InChI is InChI=1S/C19H16F4N6O2/c20-12-7-11(15(24)30)17(27-10-3-4-13-9(6-10)2-1-5-26-13)29-18(12)28-14(16(25)31)8-19(21,22)23/h1-7,14H,8H2,(H2,24,30)(H2,25,31)(H2,27,28,29). The first kappa shape index (κ1) is 21.7. The molecule has 2 amide bonds. The predicted octanol–water partition coefficient (Wildman–Crippen LogP) is 2.83. The van der Waals surface area contributed by atoms with Gasteiger partial charge >= 0.3 is 6.18 Å². The van der Waals surface area contributed by atoms with Gasteiger partial charge in [0.15, 0.2) is 11.6 Å². The summed E-state index contributed by atoms with van der Waals surface area (Å²) in [5, 5.41) is 5.57. The maximum atomic E-state index is 14.4. The zero-order valence-corrected chi connectivity index (χ0v) is 15.7. The average Bonchev–Trinajstić information content (AvgIpc) is 2.68. The molecule has 0 aliphatic rings. The number of benzene rings is 1. The Morgan fingerprint density at radius 3 is 2.48 bits per heavy atom. The Kier molecular flexibility index (Phi) is 5.90. The molecule has 0 saturated carbocycles. The topological polar surface area (TPSA) is 136 Å². The van der Waals surface area contributed by atoms with Crippen LogP contribution in [-0.4, -0.2) is 34.0 Å². The van der Waals surface area contributed by atoms with Crippen LogP contribution in [0.15, 0.2) is 42.6 Å². The molecule has 12 heteroatoms.